The molecule has 0 bridgehead atoms. The van der Waals surface area contributed by atoms with Crippen molar-refractivity contribution in [1.29, 1.82) is 15.8 Å². The number of methoxy groups -OCH3 is 3. The summed E-state index contributed by atoms with van der Waals surface area (Å²) in [5, 5.41) is 42.7. The van der Waals surface area contributed by atoms with Crippen molar-refractivity contribution in [3.63, 3.8) is 0 Å². The fourth-order valence-electron chi connectivity index (χ4n) is 16.4. The van der Waals surface area contributed by atoms with Crippen LogP contribution in [0.5, 0.6) is 0 Å². The fraction of sp³-hybridized carbons (Fsp3) is 0.369. The SMILES string of the molecule is C(=C\c1ccccc1)/c1ccccc1.CC(C)C/C=C/CCC(CC(CC(C#N)C(C)C)c1ccccc1)c1ccccc1.CC(C)C/C=C/CCC(CC(CC(C#N)C(C)C)c1ccccc1)c1ccccc1.CC(C)C/C=C/CCC(CC(CC(C#N)C(C)C)c1ccccc1)c1ccccc1.COC.COC.COC.O=C(O)/C=C/c1ccccc1.c1ccc2cc3ccccc3cc2c1. The second kappa shape index (κ2) is 73.9. The third-order valence-electron chi connectivity index (χ3n) is 24.1. The van der Waals surface area contributed by atoms with Gasteiger partial charge in [0.2, 0.25) is 0 Å². The van der Waals surface area contributed by atoms with Gasteiger partial charge in [-0.25, -0.2) is 4.79 Å². The molecule has 0 fully saturated rings. The van der Waals surface area contributed by atoms with Gasteiger partial charge >= 0.3 is 5.97 Å². The lowest BCUT2D eigenvalue weighted by atomic mass is 9.77. The van der Waals surface area contributed by atoms with E-state index in [9.17, 15) is 20.6 Å². The summed E-state index contributed by atoms with van der Waals surface area (Å²) in [5.74, 6) is 5.40. The maximum absolute atomic E-state index is 10.1. The molecule has 12 rings (SSSR count). The first kappa shape index (κ1) is 118. The van der Waals surface area contributed by atoms with Crippen LogP contribution in [-0.4, -0.2) is 53.7 Å². The van der Waals surface area contributed by atoms with Gasteiger partial charge in [0.25, 0.3) is 0 Å². The summed E-state index contributed by atoms with van der Waals surface area (Å²) in [6, 6.07) is 124. The monoisotopic (exact) mass is 1850 g/mol. The predicted octanol–water partition coefficient (Wildman–Crippen LogP) is 36.0. The van der Waals surface area contributed by atoms with Crippen LogP contribution in [0.4, 0.5) is 0 Å². The molecule has 730 valence electrons. The van der Waals surface area contributed by atoms with E-state index in [0.717, 1.165) is 108 Å². The van der Waals surface area contributed by atoms with Gasteiger partial charge in [-0.05, 0) is 257 Å². The van der Waals surface area contributed by atoms with Gasteiger partial charge in [-0.3, -0.25) is 0 Å². The average Bonchev–Trinajstić information content (AvgIpc) is 0.805. The van der Waals surface area contributed by atoms with Crippen molar-refractivity contribution in [2.45, 2.75) is 215 Å². The topological polar surface area (TPSA) is 136 Å². The van der Waals surface area contributed by atoms with Crippen LogP contribution in [0.2, 0.25) is 0 Å². The Bertz CT molecular complexity index is 4850. The van der Waals surface area contributed by atoms with Crippen LogP contribution in [0, 0.1) is 87.3 Å². The number of nitriles is 3. The number of benzene rings is 12. The summed E-state index contributed by atoms with van der Waals surface area (Å²) in [6.07, 6.45) is 37.4. The van der Waals surface area contributed by atoms with Crippen LogP contribution in [0.3, 0.4) is 0 Å². The van der Waals surface area contributed by atoms with E-state index in [1.807, 2.05) is 66.7 Å². The Balaban J connectivity index is 0.000000350. The molecule has 8 nitrogen and oxygen atoms in total. The number of hydrogen-bond donors (Lipinski definition) is 1. The maximum Gasteiger partial charge on any atom is 0.328 e. The highest BCUT2D eigenvalue weighted by atomic mass is 16.5. The van der Waals surface area contributed by atoms with Crippen LogP contribution in [0.25, 0.3) is 39.8 Å². The summed E-state index contributed by atoms with van der Waals surface area (Å²) in [5.41, 5.74) is 11.7. The fourth-order valence-corrected chi connectivity index (χ4v) is 16.4. The first-order valence-corrected chi connectivity index (χ1v) is 50.2. The molecule has 0 radical (unpaired) electrons. The Labute approximate surface area is 835 Å². The Morgan fingerprint density at radius 3 is 0.645 bits per heavy atom. The molecule has 0 amide bonds. The molecule has 0 aliphatic heterocycles. The Morgan fingerprint density at radius 2 is 0.457 bits per heavy atom. The van der Waals surface area contributed by atoms with Crippen LogP contribution in [0.15, 0.2) is 376 Å². The number of carboxylic acids is 1. The predicted molar refractivity (Wildman–Crippen MR) is 593 cm³/mol. The molecule has 8 heteroatoms. The lowest BCUT2D eigenvalue weighted by Gasteiger charge is -2.27. The van der Waals surface area contributed by atoms with Crippen LogP contribution < -0.4 is 0 Å². The van der Waals surface area contributed by atoms with E-state index in [1.54, 1.807) is 48.7 Å². The summed E-state index contributed by atoms with van der Waals surface area (Å²) in [7, 11) is 9.75. The molecular formula is C130H165N3O5. The summed E-state index contributed by atoms with van der Waals surface area (Å²) >= 11 is 0. The molecular weight excluding hydrogens is 1680 g/mol. The van der Waals surface area contributed by atoms with Gasteiger partial charge in [-0.1, -0.05) is 453 Å². The van der Waals surface area contributed by atoms with Crippen LogP contribution >= 0.6 is 0 Å². The number of aliphatic carboxylic acids is 1. The van der Waals surface area contributed by atoms with Gasteiger partial charge in [-0.2, -0.15) is 15.8 Å². The molecule has 9 unspecified atom stereocenters. The van der Waals surface area contributed by atoms with Gasteiger partial charge in [0.15, 0.2) is 0 Å². The van der Waals surface area contributed by atoms with Gasteiger partial charge in [0.05, 0.1) is 18.2 Å². The molecule has 0 saturated heterocycles. The standard InChI is InChI=1S/3C29H39N.C14H10.C14H12.C9H8O2.3C2H6O/c3*1-23(2)14-8-5-13-19-27(25-15-9-6-10-16-25)20-28(21-29(22-30)24(3)4)26-17-11-7-12-18-26;1-2-6-12-10-14-8-4-3-7-13(14)9-11(12)5-1;1-3-7-13(8-4-1)11-12-14-9-5-2-6-10-14;10-9(11)7-6-8-4-2-1-3-5-8;3*1-3-2/h3*5-12,15-18,23-24,27-29H,13-14,19-21H2,1-4H3;1-10H;1-12H;1-7H,(H,10,11);3*1-2H3/b3*8-5+;;12-11+;7-6+;;;. The van der Waals surface area contributed by atoms with Crippen molar-refractivity contribution >= 4 is 45.7 Å². The van der Waals surface area contributed by atoms with Crippen molar-refractivity contribution < 1.29 is 24.1 Å². The van der Waals surface area contributed by atoms with E-state index in [1.165, 1.54) is 66.1 Å². The molecule has 0 aromatic heterocycles. The molecule has 138 heavy (non-hydrogen) atoms. The minimum atomic E-state index is -0.922. The van der Waals surface area contributed by atoms with Crippen molar-refractivity contribution in [3.8, 4) is 18.2 Å². The maximum atomic E-state index is 10.1. The van der Waals surface area contributed by atoms with E-state index in [0.29, 0.717) is 71.0 Å². The van der Waals surface area contributed by atoms with Crippen LogP contribution in [-0.2, 0) is 19.0 Å². The number of rotatable bonds is 40. The van der Waals surface area contributed by atoms with Gasteiger partial charge in [0.1, 0.15) is 0 Å². The second-order valence-electron chi connectivity index (χ2n) is 38.0. The molecule has 0 aliphatic carbocycles. The zero-order valence-corrected chi connectivity index (χ0v) is 86.7. The smallest absolute Gasteiger partial charge is 0.328 e. The van der Waals surface area contributed by atoms with E-state index in [-0.39, 0.29) is 17.8 Å². The van der Waals surface area contributed by atoms with Gasteiger partial charge in [-0.15, -0.1) is 0 Å². The number of allylic oxidation sites excluding steroid dienone is 6. The Kier molecular flexibility index (Phi) is 63.2. The molecule has 0 heterocycles. The Hall–Kier alpha value is -12.3. The van der Waals surface area contributed by atoms with Crippen molar-refractivity contribution in [1.82, 2.24) is 0 Å². The number of hydrogen-bond acceptors (Lipinski definition) is 7. The van der Waals surface area contributed by atoms with Gasteiger partial charge in [0, 0.05) is 66.5 Å². The largest absolute Gasteiger partial charge is 0.478 e. The number of ether oxygens (including phenoxy) is 3. The highest BCUT2D eigenvalue weighted by molar-refractivity contribution is 5.98. The number of carboxylic acid groups (broad SMARTS) is 1. The van der Waals surface area contributed by atoms with E-state index in [2.05, 4.69) is 431 Å². The first-order valence-electron chi connectivity index (χ1n) is 50.2. The summed E-state index contributed by atoms with van der Waals surface area (Å²) < 4.78 is 12.8. The number of carbonyl (C=O) groups is 1. The van der Waals surface area contributed by atoms with E-state index >= 15 is 0 Å². The van der Waals surface area contributed by atoms with E-state index in [4.69, 9.17) is 5.11 Å². The number of fused-ring (bicyclic) bond motifs is 2. The minimum absolute atomic E-state index is 0.0950. The first-order chi connectivity index (χ1) is 66.9. The zero-order valence-electron chi connectivity index (χ0n) is 86.7. The summed E-state index contributed by atoms with van der Waals surface area (Å²) in [6.45, 7) is 26.6. The molecule has 12 aromatic carbocycles. The van der Waals surface area contributed by atoms with Crippen molar-refractivity contribution in [2.75, 3.05) is 42.7 Å². The molecule has 9 atom stereocenters. The molecule has 1 N–H and O–H groups in total. The summed E-state index contributed by atoms with van der Waals surface area (Å²) in [4.78, 5) is 10.1. The van der Waals surface area contributed by atoms with E-state index < -0.39 is 5.97 Å². The third kappa shape index (κ3) is 51.7. The molecule has 0 saturated carbocycles. The normalized spacial score (nSPS) is 13.0. The lowest BCUT2D eigenvalue weighted by Crippen LogP contribution is -2.14. The van der Waals surface area contributed by atoms with Crippen molar-refractivity contribution in [2.24, 2.45) is 53.3 Å². The highest BCUT2D eigenvalue weighted by Gasteiger charge is 2.28. The van der Waals surface area contributed by atoms with Crippen LogP contribution in [0.1, 0.15) is 265 Å². The molecule has 0 aliphatic rings. The lowest BCUT2D eigenvalue weighted by molar-refractivity contribution is -0.131. The van der Waals surface area contributed by atoms with Crippen molar-refractivity contribution in [3.05, 3.63) is 426 Å². The quantitative estimate of drug-likeness (QED) is 0.0174. The minimum Gasteiger partial charge on any atom is -0.478 e. The highest BCUT2D eigenvalue weighted by Crippen LogP contribution is 2.42. The number of nitrogens with zero attached hydrogens (tertiary/aromatic N) is 3. The molecule has 0 spiro atoms. The average molecular weight is 1850 g/mol. The second-order valence-corrected chi connectivity index (χ2v) is 38.0. The molecule has 12 aromatic rings. The third-order valence-corrected chi connectivity index (χ3v) is 24.1. The zero-order chi connectivity index (χ0) is 101. The van der Waals surface area contributed by atoms with Gasteiger partial charge < -0.3 is 19.3 Å². The Morgan fingerprint density at radius 1 is 0.268 bits per heavy atom.